The van der Waals surface area contributed by atoms with Gasteiger partial charge in [0.1, 0.15) is 0 Å². The third-order valence-corrected chi connectivity index (χ3v) is 2.09. The summed E-state index contributed by atoms with van der Waals surface area (Å²) in [6, 6.07) is 0. The van der Waals surface area contributed by atoms with Crippen molar-refractivity contribution in [3.63, 3.8) is 0 Å². The lowest BCUT2D eigenvalue weighted by molar-refractivity contribution is -0.151. The van der Waals surface area contributed by atoms with E-state index in [0.717, 1.165) is 12.8 Å². The highest BCUT2D eigenvalue weighted by Gasteiger charge is 2.31. The zero-order chi connectivity index (χ0) is 7.78. The molecule has 2 atom stereocenters. The van der Waals surface area contributed by atoms with E-state index < -0.39 is 0 Å². The van der Waals surface area contributed by atoms with Gasteiger partial charge in [0.15, 0.2) is 0 Å². The van der Waals surface area contributed by atoms with Gasteiger partial charge in [0.25, 0.3) is 0 Å². The topological polar surface area (TPSA) is 29.5 Å². The van der Waals surface area contributed by atoms with Gasteiger partial charge in [-0.25, -0.2) is 0 Å². The molecule has 0 radical (unpaired) electrons. The molecule has 1 saturated heterocycles. The van der Waals surface area contributed by atoms with Gasteiger partial charge in [-0.2, -0.15) is 0 Å². The van der Waals surface area contributed by atoms with Crippen LogP contribution in [0.5, 0.6) is 0 Å². The third kappa shape index (κ3) is 1.70. The first-order valence-corrected chi connectivity index (χ1v) is 3.87. The lowest BCUT2D eigenvalue weighted by atomic mass is 9.94. The second-order valence-corrected chi connectivity index (χ2v) is 3.69. The molecule has 1 aliphatic rings. The summed E-state index contributed by atoms with van der Waals surface area (Å²) in [6.45, 7) is 6.05. The van der Waals surface area contributed by atoms with E-state index in [2.05, 4.69) is 13.8 Å². The Morgan fingerprint density at radius 1 is 1.50 bits per heavy atom. The molecule has 1 rings (SSSR count). The van der Waals surface area contributed by atoms with Crippen molar-refractivity contribution >= 4 is 0 Å². The fourth-order valence-corrected chi connectivity index (χ4v) is 1.37. The SMILES string of the molecule is C[C@H]1OC(C)(C)CC[C@@H]1O. The Balaban J connectivity index is 2.49. The molecule has 1 N–H and O–H groups in total. The average molecular weight is 144 g/mol. The van der Waals surface area contributed by atoms with Gasteiger partial charge in [0, 0.05) is 0 Å². The second kappa shape index (κ2) is 2.51. The maximum Gasteiger partial charge on any atom is 0.0813 e. The fourth-order valence-electron chi connectivity index (χ4n) is 1.37. The van der Waals surface area contributed by atoms with Gasteiger partial charge in [-0.15, -0.1) is 0 Å². The van der Waals surface area contributed by atoms with Crippen LogP contribution in [0, 0.1) is 0 Å². The number of hydrogen-bond donors (Lipinski definition) is 1. The van der Waals surface area contributed by atoms with Crippen LogP contribution < -0.4 is 0 Å². The van der Waals surface area contributed by atoms with Gasteiger partial charge in [-0.05, 0) is 33.6 Å². The minimum atomic E-state index is -0.256. The van der Waals surface area contributed by atoms with Crippen molar-refractivity contribution in [2.24, 2.45) is 0 Å². The van der Waals surface area contributed by atoms with Crippen LogP contribution in [0.15, 0.2) is 0 Å². The van der Waals surface area contributed by atoms with Crippen LogP contribution in [-0.2, 0) is 4.74 Å². The van der Waals surface area contributed by atoms with Crippen molar-refractivity contribution in [1.29, 1.82) is 0 Å². The van der Waals surface area contributed by atoms with Crippen molar-refractivity contribution in [2.45, 2.75) is 51.4 Å². The molecule has 0 amide bonds. The Morgan fingerprint density at radius 2 is 2.10 bits per heavy atom. The molecule has 0 spiro atoms. The molecule has 0 aliphatic carbocycles. The highest BCUT2D eigenvalue weighted by Crippen LogP contribution is 2.27. The Kier molecular flexibility index (Phi) is 2.02. The molecule has 2 nitrogen and oxygen atoms in total. The van der Waals surface area contributed by atoms with Crippen LogP contribution >= 0.6 is 0 Å². The van der Waals surface area contributed by atoms with Gasteiger partial charge in [0.05, 0.1) is 17.8 Å². The van der Waals surface area contributed by atoms with E-state index in [-0.39, 0.29) is 17.8 Å². The number of aliphatic hydroxyl groups is 1. The molecule has 0 aromatic heterocycles. The molecule has 2 heteroatoms. The normalized spacial score (nSPS) is 39.6. The predicted octanol–water partition coefficient (Wildman–Crippen LogP) is 1.32. The van der Waals surface area contributed by atoms with Crippen molar-refractivity contribution in [3.8, 4) is 0 Å². The lowest BCUT2D eigenvalue weighted by Crippen LogP contribution is -2.42. The average Bonchev–Trinajstić information content (AvgIpc) is 1.79. The molecular weight excluding hydrogens is 128 g/mol. The summed E-state index contributed by atoms with van der Waals surface area (Å²) >= 11 is 0. The van der Waals surface area contributed by atoms with E-state index in [1.807, 2.05) is 6.92 Å². The summed E-state index contributed by atoms with van der Waals surface area (Å²) in [6.07, 6.45) is 1.57. The lowest BCUT2D eigenvalue weighted by Gasteiger charge is -2.37. The van der Waals surface area contributed by atoms with E-state index in [0.29, 0.717) is 0 Å². The summed E-state index contributed by atoms with van der Waals surface area (Å²) in [7, 11) is 0. The number of rotatable bonds is 0. The third-order valence-electron chi connectivity index (χ3n) is 2.09. The first kappa shape index (κ1) is 8.02. The molecule has 0 saturated carbocycles. The Bertz CT molecular complexity index is 120. The molecule has 1 aliphatic heterocycles. The highest BCUT2D eigenvalue weighted by molar-refractivity contribution is 4.81. The summed E-state index contributed by atoms with van der Waals surface area (Å²) in [5.74, 6) is 0. The first-order chi connectivity index (χ1) is 4.51. The number of aliphatic hydroxyl groups excluding tert-OH is 1. The maximum atomic E-state index is 9.28. The summed E-state index contributed by atoms with van der Waals surface area (Å²) in [4.78, 5) is 0. The quantitative estimate of drug-likeness (QED) is 0.555. The van der Waals surface area contributed by atoms with Crippen LogP contribution in [0.25, 0.3) is 0 Å². The van der Waals surface area contributed by atoms with E-state index in [1.165, 1.54) is 0 Å². The van der Waals surface area contributed by atoms with E-state index in [4.69, 9.17) is 4.74 Å². The number of hydrogen-bond acceptors (Lipinski definition) is 2. The zero-order valence-electron chi connectivity index (χ0n) is 6.92. The number of ether oxygens (including phenoxy) is 1. The summed E-state index contributed by atoms with van der Waals surface area (Å²) in [5.41, 5.74) is -0.0291. The highest BCUT2D eigenvalue weighted by atomic mass is 16.5. The molecule has 60 valence electrons. The van der Waals surface area contributed by atoms with Crippen LogP contribution in [0.1, 0.15) is 33.6 Å². The molecular formula is C8H16O2. The van der Waals surface area contributed by atoms with Gasteiger partial charge >= 0.3 is 0 Å². The summed E-state index contributed by atoms with van der Waals surface area (Å²) < 4.78 is 5.54. The minimum absolute atomic E-state index is 0.00347. The van der Waals surface area contributed by atoms with Crippen molar-refractivity contribution in [2.75, 3.05) is 0 Å². The largest absolute Gasteiger partial charge is 0.390 e. The summed E-state index contributed by atoms with van der Waals surface area (Å²) in [5, 5.41) is 9.28. The van der Waals surface area contributed by atoms with Crippen LogP contribution in [0.3, 0.4) is 0 Å². The molecule has 0 aromatic rings. The smallest absolute Gasteiger partial charge is 0.0813 e. The fraction of sp³-hybridized carbons (Fsp3) is 1.00. The maximum absolute atomic E-state index is 9.28. The molecule has 1 heterocycles. The monoisotopic (exact) mass is 144 g/mol. The minimum Gasteiger partial charge on any atom is -0.390 e. The van der Waals surface area contributed by atoms with Crippen molar-refractivity contribution in [3.05, 3.63) is 0 Å². The van der Waals surface area contributed by atoms with Crippen LogP contribution in [0.2, 0.25) is 0 Å². The van der Waals surface area contributed by atoms with Gasteiger partial charge < -0.3 is 9.84 Å². The standard InChI is InChI=1S/C8H16O2/c1-6-7(9)4-5-8(2,3)10-6/h6-7,9H,4-5H2,1-3H3/t6-,7+/m1/s1. The first-order valence-electron chi connectivity index (χ1n) is 3.87. The Morgan fingerprint density at radius 3 is 2.50 bits per heavy atom. The van der Waals surface area contributed by atoms with E-state index in [1.54, 1.807) is 0 Å². The molecule has 0 aromatic carbocycles. The molecule has 0 unspecified atom stereocenters. The van der Waals surface area contributed by atoms with Crippen LogP contribution in [-0.4, -0.2) is 22.9 Å². The van der Waals surface area contributed by atoms with E-state index in [9.17, 15) is 5.11 Å². The Hall–Kier alpha value is -0.0800. The van der Waals surface area contributed by atoms with E-state index >= 15 is 0 Å². The van der Waals surface area contributed by atoms with Crippen molar-refractivity contribution in [1.82, 2.24) is 0 Å². The Labute approximate surface area is 62.2 Å². The molecule has 10 heavy (non-hydrogen) atoms. The molecule has 1 fully saturated rings. The van der Waals surface area contributed by atoms with Crippen LogP contribution in [0.4, 0.5) is 0 Å². The van der Waals surface area contributed by atoms with Gasteiger partial charge in [-0.1, -0.05) is 0 Å². The molecule has 0 bridgehead atoms. The van der Waals surface area contributed by atoms with Gasteiger partial charge in [0.2, 0.25) is 0 Å². The predicted molar refractivity (Wildman–Crippen MR) is 39.9 cm³/mol. The zero-order valence-corrected chi connectivity index (χ0v) is 6.92. The second-order valence-electron chi connectivity index (χ2n) is 3.69. The van der Waals surface area contributed by atoms with Crippen molar-refractivity contribution < 1.29 is 9.84 Å². The van der Waals surface area contributed by atoms with Gasteiger partial charge in [-0.3, -0.25) is 0 Å².